The van der Waals surface area contributed by atoms with Crippen LogP contribution in [0.5, 0.6) is 0 Å². The Morgan fingerprint density at radius 2 is 0.711 bits per heavy atom. The average molecular weight is 487 g/mol. The van der Waals surface area contributed by atoms with Crippen LogP contribution in [-0.2, 0) is 0 Å². The van der Waals surface area contributed by atoms with Gasteiger partial charge in [-0.25, -0.2) is 0 Å². The van der Waals surface area contributed by atoms with Crippen molar-refractivity contribution in [3.8, 4) is 44.8 Å². The van der Waals surface area contributed by atoms with Gasteiger partial charge in [0.2, 0.25) is 0 Å². The molecule has 4 nitrogen and oxygen atoms in total. The second-order valence-electron chi connectivity index (χ2n) is 9.18. The quantitative estimate of drug-likeness (QED) is 0.235. The minimum Gasteiger partial charge on any atom is -0.265 e. The highest BCUT2D eigenvalue weighted by molar-refractivity contribution is 6.21. The van der Waals surface area contributed by atoms with E-state index in [0.717, 1.165) is 33.6 Å². The molecular weight excluding hydrogens is 464 g/mol. The van der Waals surface area contributed by atoms with Gasteiger partial charge in [-0.05, 0) is 69.1 Å². The van der Waals surface area contributed by atoms with Crippen LogP contribution < -0.4 is 0 Å². The summed E-state index contributed by atoms with van der Waals surface area (Å²) in [4.78, 5) is 17.9. The number of nitrogens with zero attached hydrogens (tertiary/aromatic N) is 4. The Bertz CT molecular complexity index is 1680. The molecule has 178 valence electrons. The van der Waals surface area contributed by atoms with E-state index >= 15 is 0 Å². The van der Waals surface area contributed by atoms with E-state index in [4.69, 9.17) is 9.97 Å². The molecule has 0 spiro atoms. The fourth-order valence-corrected chi connectivity index (χ4v) is 5.22. The zero-order valence-electron chi connectivity index (χ0n) is 20.5. The van der Waals surface area contributed by atoms with Gasteiger partial charge in [-0.1, -0.05) is 60.7 Å². The molecule has 0 aliphatic rings. The van der Waals surface area contributed by atoms with Crippen molar-refractivity contribution in [3.05, 3.63) is 134 Å². The standard InChI is InChI=1S/C34H22N4/c1-2-6-28-27(5-1)33(25-9-11-31(37-21-25)23-13-17-35-18-14-23)29-7-3-4-8-30(29)34(28)26-10-12-32(38-22-26)24-15-19-36-20-16-24/h1-22H. The fraction of sp³-hybridized carbons (Fsp3) is 0. The van der Waals surface area contributed by atoms with Crippen LogP contribution in [0.1, 0.15) is 0 Å². The fourth-order valence-electron chi connectivity index (χ4n) is 5.22. The average Bonchev–Trinajstić information content (AvgIpc) is 3.01. The van der Waals surface area contributed by atoms with Crippen LogP contribution in [0.25, 0.3) is 66.3 Å². The van der Waals surface area contributed by atoms with Gasteiger partial charge < -0.3 is 0 Å². The minimum atomic E-state index is 0.932. The van der Waals surface area contributed by atoms with Gasteiger partial charge in [0.25, 0.3) is 0 Å². The third kappa shape index (κ3) is 3.80. The predicted molar refractivity (Wildman–Crippen MR) is 154 cm³/mol. The number of benzene rings is 3. The molecule has 4 aromatic heterocycles. The molecule has 0 fully saturated rings. The van der Waals surface area contributed by atoms with Crippen molar-refractivity contribution in [1.82, 2.24) is 19.9 Å². The number of fused-ring (bicyclic) bond motifs is 2. The van der Waals surface area contributed by atoms with Gasteiger partial charge in [-0.3, -0.25) is 19.9 Å². The zero-order valence-corrected chi connectivity index (χ0v) is 20.5. The number of aromatic nitrogens is 4. The van der Waals surface area contributed by atoms with E-state index in [0.29, 0.717) is 0 Å². The SMILES string of the molecule is c1ccc2c(-c3ccc(-c4ccncc4)nc3)c3ccccc3c(-c3ccc(-c4ccncc4)nc3)c2c1. The first-order chi connectivity index (χ1) is 18.9. The van der Waals surface area contributed by atoms with Gasteiger partial charge in [0.05, 0.1) is 11.4 Å². The summed E-state index contributed by atoms with van der Waals surface area (Å²) in [7, 11) is 0. The van der Waals surface area contributed by atoms with E-state index in [1.54, 1.807) is 24.8 Å². The van der Waals surface area contributed by atoms with Crippen molar-refractivity contribution in [3.63, 3.8) is 0 Å². The monoisotopic (exact) mass is 486 g/mol. The third-order valence-corrected chi connectivity index (χ3v) is 6.99. The highest BCUT2D eigenvalue weighted by Crippen LogP contribution is 2.43. The van der Waals surface area contributed by atoms with Gasteiger partial charge in [0, 0.05) is 59.4 Å². The van der Waals surface area contributed by atoms with Crippen molar-refractivity contribution in [2.45, 2.75) is 0 Å². The van der Waals surface area contributed by atoms with Crippen LogP contribution in [0.15, 0.2) is 134 Å². The smallest absolute Gasteiger partial charge is 0.0703 e. The van der Waals surface area contributed by atoms with Gasteiger partial charge >= 0.3 is 0 Å². The molecule has 7 rings (SSSR count). The molecule has 0 amide bonds. The zero-order chi connectivity index (χ0) is 25.3. The highest BCUT2D eigenvalue weighted by atomic mass is 14.7. The van der Waals surface area contributed by atoms with E-state index < -0.39 is 0 Å². The van der Waals surface area contributed by atoms with Crippen molar-refractivity contribution in [2.24, 2.45) is 0 Å². The van der Waals surface area contributed by atoms with E-state index in [1.165, 1.54) is 32.7 Å². The molecule has 0 bridgehead atoms. The summed E-state index contributed by atoms with van der Waals surface area (Å²) < 4.78 is 0. The maximum Gasteiger partial charge on any atom is 0.0703 e. The summed E-state index contributed by atoms with van der Waals surface area (Å²) in [6, 6.07) is 33.7. The maximum absolute atomic E-state index is 4.82. The molecule has 0 atom stereocenters. The molecule has 4 heterocycles. The Balaban J connectivity index is 1.43. The maximum atomic E-state index is 4.82. The van der Waals surface area contributed by atoms with Gasteiger partial charge in [-0.15, -0.1) is 0 Å². The molecule has 0 N–H and O–H groups in total. The number of hydrogen-bond donors (Lipinski definition) is 0. The molecule has 38 heavy (non-hydrogen) atoms. The second-order valence-corrected chi connectivity index (χ2v) is 9.18. The highest BCUT2D eigenvalue weighted by Gasteiger charge is 2.17. The molecule has 0 saturated heterocycles. The van der Waals surface area contributed by atoms with Crippen LogP contribution in [-0.4, -0.2) is 19.9 Å². The van der Waals surface area contributed by atoms with Crippen molar-refractivity contribution >= 4 is 21.5 Å². The first-order valence-electron chi connectivity index (χ1n) is 12.5. The summed E-state index contributed by atoms with van der Waals surface area (Å²) in [5.74, 6) is 0. The molecular formula is C34H22N4. The molecule has 0 unspecified atom stereocenters. The first kappa shape index (κ1) is 22.0. The second kappa shape index (κ2) is 9.34. The lowest BCUT2D eigenvalue weighted by Crippen LogP contribution is -1.93. The van der Waals surface area contributed by atoms with E-state index in [2.05, 4.69) is 82.8 Å². The Morgan fingerprint density at radius 3 is 1.03 bits per heavy atom. The van der Waals surface area contributed by atoms with E-state index in [1.807, 2.05) is 36.7 Å². The molecule has 3 aromatic carbocycles. The lowest BCUT2D eigenvalue weighted by Gasteiger charge is -2.17. The Hall–Kier alpha value is -5.22. The van der Waals surface area contributed by atoms with Gasteiger partial charge in [-0.2, -0.15) is 0 Å². The Morgan fingerprint density at radius 1 is 0.342 bits per heavy atom. The molecule has 4 heteroatoms. The van der Waals surface area contributed by atoms with Crippen molar-refractivity contribution in [2.75, 3.05) is 0 Å². The Labute approximate surface area is 220 Å². The van der Waals surface area contributed by atoms with E-state index in [-0.39, 0.29) is 0 Å². The largest absolute Gasteiger partial charge is 0.265 e. The van der Waals surface area contributed by atoms with Gasteiger partial charge in [0.1, 0.15) is 0 Å². The molecule has 0 aliphatic heterocycles. The third-order valence-electron chi connectivity index (χ3n) is 6.99. The lowest BCUT2D eigenvalue weighted by molar-refractivity contribution is 1.29. The van der Waals surface area contributed by atoms with Crippen LogP contribution >= 0.6 is 0 Å². The predicted octanol–water partition coefficient (Wildman–Crippen LogP) is 8.24. The van der Waals surface area contributed by atoms with Crippen LogP contribution in [0, 0.1) is 0 Å². The van der Waals surface area contributed by atoms with Crippen LogP contribution in [0.2, 0.25) is 0 Å². The summed E-state index contributed by atoms with van der Waals surface area (Å²) >= 11 is 0. The minimum absolute atomic E-state index is 0.932. The summed E-state index contributed by atoms with van der Waals surface area (Å²) in [6.45, 7) is 0. The number of pyridine rings is 4. The normalized spacial score (nSPS) is 11.2. The number of hydrogen-bond acceptors (Lipinski definition) is 4. The Kier molecular flexibility index (Phi) is 5.41. The lowest BCUT2D eigenvalue weighted by atomic mass is 9.86. The van der Waals surface area contributed by atoms with Crippen molar-refractivity contribution < 1.29 is 0 Å². The van der Waals surface area contributed by atoms with E-state index in [9.17, 15) is 0 Å². The number of rotatable bonds is 4. The summed E-state index contributed by atoms with van der Waals surface area (Å²) in [5.41, 5.74) is 8.54. The molecule has 0 radical (unpaired) electrons. The van der Waals surface area contributed by atoms with Crippen molar-refractivity contribution in [1.29, 1.82) is 0 Å². The van der Waals surface area contributed by atoms with Crippen LogP contribution in [0.3, 0.4) is 0 Å². The van der Waals surface area contributed by atoms with Crippen LogP contribution in [0.4, 0.5) is 0 Å². The first-order valence-corrected chi connectivity index (χ1v) is 12.5. The van der Waals surface area contributed by atoms with Gasteiger partial charge in [0.15, 0.2) is 0 Å². The molecule has 0 aliphatic carbocycles. The molecule has 7 aromatic rings. The summed E-state index contributed by atoms with van der Waals surface area (Å²) in [5, 5.41) is 4.77. The topological polar surface area (TPSA) is 51.6 Å². The summed E-state index contributed by atoms with van der Waals surface area (Å²) in [6.07, 6.45) is 11.1. The molecule has 0 saturated carbocycles.